The Balaban J connectivity index is 2.00. The Hall–Kier alpha value is -0.640. The zero-order valence-corrected chi connectivity index (χ0v) is 9.72. The molecule has 0 aliphatic carbocycles. The van der Waals surface area contributed by atoms with Crippen molar-refractivity contribution in [3.8, 4) is 0 Å². The summed E-state index contributed by atoms with van der Waals surface area (Å²) < 4.78 is 0. The summed E-state index contributed by atoms with van der Waals surface area (Å²) in [5.41, 5.74) is 2.03. The summed E-state index contributed by atoms with van der Waals surface area (Å²) in [6, 6.07) is 3.94. The van der Waals surface area contributed by atoms with Gasteiger partial charge in [0.2, 0.25) is 0 Å². The number of aromatic nitrogens is 1. The Labute approximate surface area is 95.4 Å². The first-order chi connectivity index (χ1) is 7.25. The number of halogens is 1. The average molecular weight is 226 g/mol. The fourth-order valence-electron chi connectivity index (χ4n) is 1.78. The van der Waals surface area contributed by atoms with E-state index in [2.05, 4.69) is 15.2 Å². The highest BCUT2D eigenvalue weighted by Gasteiger charge is 2.10. The van der Waals surface area contributed by atoms with Gasteiger partial charge in [-0.3, -0.25) is 9.88 Å². The monoisotopic (exact) mass is 225 g/mol. The van der Waals surface area contributed by atoms with Gasteiger partial charge in [-0.25, -0.2) is 0 Å². The summed E-state index contributed by atoms with van der Waals surface area (Å²) >= 11 is 5.94. The predicted molar refractivity (Wildman–Crippen MR) is 62.1 cm³/mol. The van der Waals surface area contributed by atoms with Crippen molar-refractivity contribution < 1.29 is 0 Å². The average Bonchev–Trinajstić information content (AvgIpc) is 2.25. The highest BCUT2D eigenvalue weighted by atomic mass is 35.5. The van der Waals surface area contributed by atoms with Gasteiger partial charge in [-0.2, -0.15) is 0 Å². The van der Waals surface area contributed by atoms with Crippen LogP contribution in [-0.4, -0.2) is 36.1 Å². The molecule has 1 N–H and O–H groups in total. The Bertz CT molecular complexity index is 335. The summed E-state index contributed by atoms with van der Waals surface area (Å²) in [4.78, 5) is 6.88. The fraction of sp³-hybridized carbons (Fsp3) is 0.545. The smallest absolute Gasteiger partial charge is 0.0618 e. The van der Waals surface area contributed by atoms with Crippen LogP contribution in [-0.2, 0) is 6.54 Å². The summed E-state index contributed by atoms with van der Waals surface area (Å²) in [7, 11) is 0. The number of pyridine rings is 1. The number of nitrogens with one attached hydrogen (secondary N) is 1. The Morgan fingerprint density at radius 1 is 1.40 bits per heavy atom. The quantitative estimate of drug-likeness (QED) is 0.826. The molecular formula is C11H16ClN3. The second-order valence-electron chi connectivity index (χ2n) is 3.90. The van der Waals surface area contributed by atoms with E-state index in [1.807, 2.05) is 19.1 Å². The Morgan fingerprint density at radius 2 is 2.13 bits per heavy atom. The number of hydrogen-bond donors (Lipinski definition) is 1. The first-order valence-corrected chi connectivity index (χ1v) is 5.68. The van der Waals surface area contributed by atoms with Crippen molar-refractivity contribution in [2.45, 2.75) is 13.5 Å². The maximum absolute atomic E-state index is 5.94. The van der Waals surface area contributed by atoms with E-state index < -0.39 is 0 Å². The molecule has 1 saturated heterocycles. The van der Waals surface area contributed by atoms with E-state index in [4.69, 9.17) is 11.6 Å². The van der Waals surface area contributed by atoms with Crippen LogP contribution in [0, 0.1) is 6.92 Å². The minimum absolute atomic E-state index is 0.749. The van der Waals surface area contributed by atoms with Crippen LogP contribution < -0.4 is 5.32 Å². The first kappa shape index (κ1) is 10.9. The molecule has 0 bridgehead atoms. The van der Waals surface area contributed by atoms with Gasteiger partial charge in [-0.05, 0) is 19.1 Å². The largest absolute Gasteiger partial charge is 0.314 e. The topological polar surface area (TPSA) is 28.2 Å². The molecular weight excluding hydrogens is 210 g/mol. The van der Waals surface area contributed by atoms with Crippen molar-refractivity contribution in [2.24, 2.45) is 0 Å². The molecule has 4 heteroatoms. The van der Waals surface area contributed by atoms with Crippen LogP contribution in [0.4, 0.5) is 0 Å². The molecule has 0 saturated carbocycles. The van der Waals surface area contributed by atoms with Crippen LogP contribution in [0.25, 0.3) is 0 Å². The minimum atomic E-state index is 0.749. The molecule has 82 valence electrons. The lowest BCUT2D eigenvalue weighted by Crippen LogP contribution is -2.43. The van der Waals surface area contributed by atoms with E-state index >= 15 is 0 Å². The highest BCUT2D eigenvalue weighted by Crippen LogP contribution is 2.13. The molecule has 1 aromatic heterocycles. The first-order valence-electron chi connectivity index (χ1n) is 5.31. The molecule has 0 unspecified atom stereocenters. The van der Waals surface area contributed by atoms with Crippen molar-refractivity contribution in [3.05, 3.63) is 28.5 Å². The van der Waals surface area contributed by atoms with Gasteiger partial charge in [0.05, 0.1) is 16.4 Å². The molecule has 1 aliphatic rings. The van der Waals surface area contributed by atoms with E-state index in [-0.39, 0.29) is 0 Å². The van der Waals surface area contributed by atoms with E-state index in [1.54, 1.807) is 0 Å². The highest BCUT2D eigenvalue weighted by molar-refractivity contribution is 6.31. The molecule has 3 nitrogen and oxygen atoms in total. The van der Waals surface area contributed by atoms with Crippen LogP contribution in [0.5, 0.6) is 0 Å². The van der Waals surface area contributed by atoms with Crippen molar-refractivity contribution >= 4 is 11.6 Å². The SMILES string of the molecule is Cc1nc(CN2CCNCC2)ccc1Cl. The Kier molecular flexibility index (Phi) is 3.57. The van der Waals surface area contributed by atoms with Crippen molar-refractivity contribution in [1.29, 1.82) is 0 Å². The van der Waals surface area contributed by atoms with Crippen LogP contribution in [0.3, 0.4) is 0 Å². The molecule has 2 heterocycles. The minimum Gasteiger partial charge on any atom is -0.314 e. The maximum atomic E-state index is 5.94. The summed E-state index contributed by atoms with van der Waals surface area (Å²) in [5, 5.41) is 4.09. The molecule has 1 fully saturated rings. The zero-order chi connectivity index (χ0) is 10.7. The van der Waals surface area contributed by atoms with Crippen LogP contribution in [0.1, 0.15) is 11.4 Å². The lowest BCUT2D eigenvalue weighted by molar-refractivity contribution is 0.230. The normalized spacial score (nSPS) is 18.0. The number of piperazine rings is 1. The molecule has 0 spiro atoms. The number of hydrogen-bond acceptors (Lipinski definition) is 3. The standard InChI is InChI=1S/C11H16ClN3/c1-9-11(12)3-2-10(14-9)8-15-6-4-13-5-7-15/h2-3,13H,4-8H2,1H3. The van der Waals surface area contributed by atoms with Gasteiger partial charge < -0.3 is 5.32 Å². The second kappa shape index (κ2) is 4.92. The van der Waals surface area contributed by atoms with Crippen LogP contribution >= 0.6 is 11.6 Å². The van der Waals surface area contributed by atoms with Crippen molar-refractivity contribution in [2.75, 3.05) is 26.2 Å². The third-order valence-corrected chi connectivity index (χ3v) is 3.07. The van der Waals surface area contributed by atoms with Gasteiger partial charge in [0.15, 0.2) is 0 Å². The van der Waals surface area contributed by atoms with E-state index in [0.717, 1.165) is 49.1 Å². The fourth-order valence-corrected chi connectivity index (χ4v) is 1.89. The lowest BCUT2D eigenvalue weighted by Gasteiger charge is -2.26. The van der Waals surface area contributed by atoms with Gasteiger partial charge in [-0.15, -0.1) is 0 Å². The summed E-state index contributed by atoms with van der Waals surface area (Å²) in [5.74, 6) is 0. The lowest BCUT2D eigenvalue weighted by atomic mass is 10.2. The van der Waals surface area contributed by atoms with E-state index in [9.17, 15) is 0 Å². The summed E-state index contributed by atoms with van der Waals surface area (Å²) in [6.07, 6.45) is 0. The van der Waals surface area contributed by atoms with Crippen LogP contribution in [0.15, 0.2) is 12.1 Å². The number of aryl methyl sites for hydroxylation is 1. The van der Waals surface area contributed by atoms with E-state index in [0.29, 0.717) is 0 Å². The predicted octanol–water partition coefficient (Wildman–Crippen LogP) is 1.45. The molecule has 1 aliphatic heterocycles. The van der Waals surface area contributed by atoms with Gasteiger partial charge in [0.25, 0.3) is 0 Å². The third-order valence-electron chi connectivity index (χ3n) is 2.67. The number of nitrogens with zero attached hydrogens (tertiary/aromatic N) is 2. The van der Waals surface area contributed by atoms with Crippen LogP contribution in [0.2, 0.25) is 5.02 Å². The van der Waals surface area contributed by atoms with Crippen molar-refractivity contribution in [1.82, 2.24) is 15.2 Å². The third kappa shape index (κ3) is 2.91. The van der Waals surface area contributed by atoms with E-state index in [1.165, 1.54) is 0 Å². The molecule has 2 rings (SSSR count). The van der Waals surface area contributed by atoms with Gasteiger partial charge in [0.1, 0.15) is 0 Å². The van der Waals surface area contributed by atoms with Gasteiger partial charge in [-0.1, -0.05) is 11.6 Å². The summed E-state index contributed by atoms with van der Waals surface area (Å²) in [6.45, 7) is 7.23. The molecule has 0 atom stereocenters. The molecule has 0 aromatic carbocycles. The maximum Gasteiger partial charge on any atom is 0.0618 e. The second-order valence-corrected chi connectivity index (χ2v) is 4.30. The molecule has 0 amide bonds. The van der Waals surface area contributed by atoms with Gasteiger partial charge >= 0.3 is 0 Å². The molecule has 15 heavy (non-hydrogen) atoms. The zero-order valence-electron chi connectivity index (χ0n) is 8.96. The van der Waals surface area contributed by atoms with Gasteiger partial charge in [0, 0.05) is 32.7 Å². The molecule has 0 radical (unpaired) electrons. The Morgan fingerprint density at radius 3 is 2.80 bits per heavy atom. The number of rotatable bonds is 2. The van der Waals surface area contributed by atoms with Crippen molar-refractivity contribution in [3.63, 3.8) is 0 Å². The molecule has 1 aromatic rings.